The molecule has 0 aliphatic carbocycles. The van der Waals surface area contributed by atoms with Gasteiger partial charge < -0.3 is 23.7 Å². The molecule has 3 aliphatic heterocycles. The minimum absolute atomic E-state index is 0.231. The number of aliphatic imine (C=N–C) groups is 1. The lowest BCUT2D eigenvalue weighted by Gasteiger charge is -2.54. The fourth-order valence-electron chi connectivity index (χ4n) is 5.83. The summed E-state index contributed by atoms with van der Waals surface area (Å²) in [7, 11) is 1.67. The maximum atomic E-state index is 13.8. The first-order valence-electron chi connectivity index (χ1n) is 13.2. The van der Waals surface area contributed by atoms with E-state index in [1.807, 2.05) is 48.0 Å². The zero-order valence-electron chi connectivity index (χ0n) is 22.1. The van der Waals surface area contributed by atoms with Gasteiger partial charge in [-0.25, -0.2) is 9.37 Å². The molecule has 3 aliphatic rings. The van der Waals surface area contributed by atoms with Crippen LogP contribution >= 0.6 is 0 Å². The number of aryl methyl sites for hydroxylation is 1. The first-order valence-corrected chi connectivity index (χ1v) is 13.2. The number of imidazole rings is 1. The van der Waals surface area contributed by atoms with Gasteiger partial charge in [-0.3, -0.25) is 4.99 Å². The van der Waals surface area contributed by atoms with Gasteiger partial charge in [0.1, 0.15) is 17.2 Å². The predicted octanol–water partition coefficient (Wildman–Crippen LogP) is 5.27. The van der Waals surface area contributed by atoms with Crippen LogP contribution in [0.2, 0.25) is 0 Å². The van der Waals surface area contributed by atoms with Crippen molar-refractivity contribution >= 4 is 11.9 Å². The van der Waals surface area contributed by atoms with Gasteiger partial charge in [-0.1, -0.05) is 18.2 Å². The molecule has 0 radical (unpaired) electrons. The number of hydrogen-bond acceptors (Lipinski definition) is 6. The number of benzene rings is 2. The Balaban J connectivity index is 1.42. The van der Waals surface area contributed by atoms with E-state index < -0.39 is 5.60 Å². The van der Waals surface area contributed by atoms with Gasteiger partial charge in [-0.2, -0.15) is 0 Å². The van der Waals surface area contributed by atoms with Crippen LogP contribution < -0.4 is 4.74 Å². The monoisotopic (exact) mass is 516 g/mol. The first-order chi connectivity index (χ1) is 18.4. The Bertz CT molecular complexity index is 1390. The third-order valence-electron chi connectivity index (χ3n) is 7.95. The molecule has 0 N–H and O–H groups in total. The summed E-state index contributed by atoms with van der Waals surface area (Å²) in [4.78, 5) is 11.6. The molecule has 6 rings (SSSR count). The molecule has 8 heteroatoms. The van der Waals surface area contributed by atoms with E-state index in [0.29, 0.717) is 19.7 Å². The number of ether oxygens (including phenoxy) is 3. The van der Waals surface area contributed by atoms with Crippen molar-refractivity contribution in [3.05, 3.63) is 83.4 Å². The molecule has 2 aromatic carbocycles. The fourth-order valence-corrected chi connectivity index (χ4v) is 5.83. The lowest BCUT2D eigenvalue weighted by Crippen LogP contribution is -2.63. The van der Waals surface area contributed by atoms with Crippen LogP contribution in [0, 0.1) is 12.7 Å². The highest BCUT2D eigenvalue weighted by atomic mass is 19.1. The van der Waals surface area contributed by atoms with Crippen molar-refractivity contribution in [3.63, 3.8) is 0 Å². The maximum Gasteiger partial charge on any atom is 0.167 e. The molecule has 0 amide bonds. The maximum absolute atomic E-state index is 13.8. The number of morpholine rings is 1. The van der Waals surface area contributed by atoms with E-state index >= 15 is 0 Å². The Morgan fingerprint density at radius 2 is 1.97 bits per heavy atom. The molecule has 38 heavy (non-hydrogen) atoms. The van der Waals surface area contributed by atoms with Crippen molar-refractivity contribution in [3.8, 4) is 11.4 Å². The van der Waals surface area contributed by atoms with Gasteiger partial charge in [0.2, 0.25) is 0 Å². The van der Waals surface area contributed by atoms with E-state index in [1.54, 1.807) is 13.4 Å². The Morgan fingerprint density at radius 3 is 2.68 bits per heavy atom. The molecule has 0 bridgehead atoms. The molecule has 3 aromatic rings. The van der Waals surface area contributed by atoms with Crippen LogP contribution in [0.4, 0.5) is 4.39 Å². The molecule has 1 spiro atoms. The second-order valence-corrected chi connectivity index (χ2v) is 10.6. The molecule has 0 saturated carbocycles. The van der Waals surface area contributed by atoms with Crippen molar-refractivity contribution in [2.75, 3.05) is 33.4 Å². The van der Waals surface area contributed by atoms with Gasteiger partial charge in [0, 0.05) is 19.3 Å². The van der Waals surface area contributed by atoms with Crippen LogP contribution in [0.3, 0.4) is 0 Å². The van der Waals surface area contributed by atoms with E-state index in [0.717, 1.165) is 65.7 Å². The van der Waals surface area contributed by atoms with Gasteiger partial charge in [0.15, 0.2) is 11.6 Å². The normalized spacial score (nSPS) is 26.2. The summed E-state index contributed by atoms with van der Waals surface area (Å²) >= 11 is 0. The highest BCUT2D eigenvalue weighted by molar-refractivity contribution is 6.02. The summed E-state index contributed by atoms with van der Waals surface area (Å²) in [5.74, 6) is 2.06. The number of aromatic nitrogens is 2. The smallest absolute Gasteiger partial charge is 0.167 e. The standard InChI is InChI=1S/C30H33FN4O3/c1-21-17-34(20-33-21)25-10-5-22(15-26(25)36-3)16-27-28-32-13-12-29(2,23-6-8-24(31)9-7-23)35(28)18-30(38-27)11-4-14-37-19-30/h5-10,15-17,20H,4,11-14,18-19H2,1-3H3/b27-16-. The number of rotatable bonds is 4. The Kier molecular flexibility index (Phi) is 6.22. The molecule has 4 heterocycles. The lowest BCUT2D eigenvalue weighted by molar-refractivity contribution is -0.127. The SMILES string of the molecule is COc1cc(/C=C2\OC3(CCCOC3)CN3C2=NCCC3(C)c2ccc(F)cc2)ccc1-n1cnc(C)c1. The largest absolute Gasteiger partial charge is 0.495 e. The van der Waals surface area contributed by atoms with Crippen molar-refractivity contribution in [1.82, 2.24) is 14.5 Å². The first kappa shape index (κ1) is 24.7. The lowest BCUT2D eigenvalue weighted by atomic mass is 9.82. The van der Waals surface area contributed by atoms with E-state index in [1.165, 1.54) is 12.1 Å². The zero-order chi connectivity index (χ0) is 26.3. The Labute approximate surface area is 222 Å². The molecule has 7 nitrogen and oxygen atoms in total. The fraction of sp³-hybridized carbons (Fsp3) is 0.400. The topological polar surface area (TPSA) is 61.1 Å². The molecule has 2 atom stereocenters. The van der Waals surface area contributed by atoms with Crippen LogP contribution in [-0.2, 0) is 15.0 Å². The van der Waals surface area contributed by atoms with Crippen LogP contribution in [0.1, 0.15) is 43.0 Å². The minimum atomic E-state index is -0.472. The van der Waals surface area contributed by atoms with E-state index in [-0.39, 0.29) is 11.4 Å². The zero-order valence-corrected chi connectivity index (χ0v) is 22.1. The highest BCUT2D eigenvalue weighted by Crippen LogP contribution is 2.43. The van der Waals surface area contributed by atoms with Gasteiger partial charge in [-0.05, 0) is 74.6 Å². The summed E-state index contributed by atoms with van der Waals surface area (Å²) in [6, 6.07) is 12.9. The molecule has 2 unspecified atom stereocenters. The molecule has 1 aromatic heterocycles. The van der Waals surface area contributed by atoms with E-state index in [9.17, 15) is 4.39 Å². The summed E-state index contributed by atoms with van der Waals surface area (Å²) in [6.07, 6.45) is 8.47. The van der Waals surface area contributed by atoms with Gasteiger partial charge >= 0.3 is 0 Å². The van der Waals surface area contributed by atoms with Crippen LogP contribution in [0.5, 0.6) is 5.75 Å². The summed E-state index contributed by atoms with van der Waals surface area (Å²) in [5.41, 5.74) is 3.05. The third-order valence-corrected chi connectivity index (χ3v) is 7.95. The van der Waals surface area contributed by atoms with Crippen molar-refractivity contribution in [2.24, 2.45) is 4.99 Å². The summed E-state index contributed by atoms with van der Waals surface area (Å²) in [6.45, 7) is 6.78. The second kappa shape index (κ2) is 9.58. The van der Waals surface area contributed by atoms with Gasteiger partial charge in [0.05, 0.1) is 43.5 Å². The Hall–Kier alpha value is -3.65. The van der Waals surface area contributed by atoms with E-state index in [4.69, 9.17) is 19.2 Å². The van der Waals surface area contributed by atoms with Crippen molar-refractivity contribution < 1.29 is 18.6 Å². The predicted molar refractivity (Wildman–Crippen MR) is 144 cm³/mol. The van der Waals surface area contributed by atoms with Crippen LogP contribution in [-0.4, -0.2) is 59.3 Å². The van der Waals surface area contributed by atoms with Gasteiger partial charge in [-0.15, -0.1) is 0 Å². The molecular weight excluding hydrogens is 483 g/mol. The number of fused-ring (bicyclic) bond motifs is 1. The van der Waals surface area contributed by atoms with Crippen LogP contribution in [0.15, 0.2) is 65.7 Å². The van der Waals surface area contributed by atoms with Crippen molar-refractivity contribution in [1.29, 1.82) is 0 Å². The molecule has 2 fully saturated rings. The van der Waals surface area contributed by atoms with Crippen LogP contribution in [0.25, 0.3) is 11.8 Å². The number of hydrogen-bond donors (Lipinski definition) is 0. The third kappa shape index (κ3) is 4.36. The number of halogens is 1. The molecular formula is C30H33FN4O3. The highest BCUT2D eigenvalue weighted by Gasteiger charge is 2.50. The molecule has 2 saturated heterocycles. The number of methoxy groups -OCH3 is 1. The molecule has 198 valence electrons. The minimum Gasteiger partial charge on any atom is -0.495 e. The van der Waals surface area contributed by atoms with Crippen molar-refractivity contribution in [2.45, 2.75) is 44.2 Å². The number of nitrogens with zero attached hydrogens (tertiary/aromatic N) is 4. The summed E-state index contributed by atoms with van der Waals surface area (Å²) in [5, 5.41) is 0. The summed E-state index contributed by atoms with van der Waals surface area (Å²) < 4.78 is 34.2. The quantitative estimate of drug-likeness (QED) is 0.473. The second-order valence-electron chi connectivity index (χ2n) is 10.6. The van der Waals surface area contributed by atoms with Gasteiger partial charge in [0.25, 0.3) is 0 Å². The number of amidine groups is 1. The average molecular weight is 517 g/mol. The van der Waals surface area contributed by atoms with E-state index in [2.05, 4.69) is 22.9 Å². The average Bonchev–Trinajstić information content (AvgIpc) is 3.36. The Morgan fingerprint density at radius 1 is 1.13 bits per heavy atom.